The summed E-state index contributed by atoms with van der Waals surface area (Å²) in [5.74, 6) is 1.63. The number of para-hydroxylation sites is 1. The molecular weight excluding hydrogens is 338 g/mol. The SMILES string of the molecule is CCOc1cccc(CN2CCNCC2c2ccccc2OC)n1.Cl. The molecule has 25 heavy (non-hydrogen) atoms. The van der Waals surface area contributed by atoms with Crippen LogP contribution >= 0.6 is 12.4 Å². The third-order valence-electron chi connectivity index (χ3n) is 4.29. The fourth-order valence-electron chi connectivity index (χ4n) is 3.17. The Bertz CT molecular complexity index is 669. The van der Waals surface area contributed by atoms with E-state index in [0.29, 0.717) is 12.5 Å². The number of ether oxygens (including phenoxy) is 2. The molecule has 0 bridgehead atoms. The number of rotatable bonds is 6. The van der Waals surface area contributed by atoms with Crippen molar-refractivity contribution in [3.63, 3.8) is 0 Å². The summed E-state index contributed by atoms with van der Waals surface area (Å²) in [6.45, 7) is 6.27. The van der Waals surface area contributed by atoms with Crippen molar-refractivity contribution in [3.05, 3.63) is 53.7 Å². The Balaban J connectivity index is 0.00000225. The van der Waals surface area contributed by atoms with E-state index in [2.05, 4.69) is 33.4 Å². The number of piperazine rings is 1. The predicted octanol–water partition coefficient (Wildman–Crippen LogP) is 3.06. The molecule has 1 fully saturated rings. The van der Waals surface area contributed by atoms with E-state index in [9.17, 15) is 0 Å². The summed E-state index contributed by atoms with van der Waals surface area (Å²) in [5, 5.41) is 3.49. The van der Waals surface area contributed by atoms with Crippen LogP contribution < -0.4 is 14.8 Å². The number of nitrogens with one attached hydrogen (secondary N) is 1. The maximum atomic E-state index is 5.56. The maximum absolute atomic E-state index is 5.56. The molecule has 1 aromatic carbocycles. The summed E-state index contributed by atoms with van der Waals surface area (Å²) < 4.78 is 11.1. The highest BCUT2D eigenvalue weighted by atomic mass is 35.5. The smallest absolute Gasteiger partial charge is 0.213 e. The standard InChI is InChI=1S/C19H25N3O2.ClH/c1-3-24-19-10-6-7-15(21-19)14-22-12-11-20-13-17(22)16-8-4-5-9-18(16)23-2;/h4-10,17,20H,3,11-14H2,1-2H3;1H. The van der Waals surface area contributed by atoms with Crippen LogP contribution in [-0.2, 0) is 6.54 Å². The van der Waals surface area contributed by atoms with Crippen molar-refractivity contribution in [1.29, 1.82) is 0 Å². The molecule has 3 rings (SSSR count). The topological polar surface area (TPSA) is 46.6 Å². The zero-order valence-electron chi connectivity index (χ0n) is 14.8. The van der Waals surface area contributed by atoms with E-state index >= 15 is 0 Å². The van der Waals surface area contributed by atoms with Gasteiger partial charge in [0.05, 0.1) is 25.5 Å². The van der Waals surface area contributed by atoms with Crippen LogP contribution in [0.15, 0.2) is 42.5 Å². The van der Waals surface area contributed by atoms with Crippen LogP contribution in [0.3, 0.4) is 0 Å². The van der Waals surface area contributed by atoms with Gasteiger partial charge in [0.25, 0.3) is 0 Å². The first kappa shape index (κ1) is 19.5. The highest BCUT2D eigenvalue weighted by molar-refractivity contribution is 5.85. The number of hydrogen-bond acceptors (Lipinski definition) is 5. The van der Waals surface area contributed by atoms with Gasteiger partial charge in [0, 0.05) is 37.8 Å². The normalized spacial score (nSPS) is 17.6. The summed E-state index contributed by atoms with van der Waals surface area (Å²) in [6.07, 6.45) is 0. The third-order valence-corrected chi connectivity index (χ3v) is 4.29. The van der Waals surface area contributed by atoms with E-state index in [-0.39, 0.29) is 18.4 Å². The van der Waals surface area contributed by atoms with Gasteiger partial charge in [-0.25, -0.2) is 4.98 Å². The molecule has 5 nitrogen and oxygen atoms in total. The summed E-state index contributed by atoms with van der Waals surface area (Å²) in [5.41, 5.74) is 2.25. The molecule has 6 heteroatoms. The Labute approximate surface area is 155 Å². The maximum Gasteiger partial charge on any atom is 0.213 e. The van der Waals surface area contributed by atoms with Gasteiger partial charge in [-0.3, -0.25) is 4.90 Å². The minimum absolute atomic E-state index is 0. The van der Waals surface area contributed by atoms with Gasteiger partial charge in [0.2, 0.25) is 5.88 Å². The Kier molecular flexibility index (Phi) is 7.50. The van der Waals surface area contributed by atoms with Gasteiger partial charge in [-0.2, -0.15) is 0 Å². The molecule has 1 aliphatic heterocycles. The van der Waals surface area contributed by atoms with E-state index in [0.717, 1.165) is 37.6 Å². The summed E-state index contributed by atoms with van der Waals surface area (Å²) in [6, 6.07) is 14.5. The fraction of sp³-hybridized carbons (Fsp3) is 0.421. The summed E-state index contributed by atoms with van der Waals surface area (Å²) >= 11 is 0. The first-order valence-corrected chi connectivity index (χ1v) is 8.48. The molecule has 2 heterocycles. The third kappa shape index (κ3) is 4.84. The fourth-order valence-corrected chi connectivity index (χ4v) is 3.17. The number of aromatic nitrogens is 1. The summed E-state index contributed by atoms with van der Waals surface area (Å²) in [4.78, 5) is 7.06. The molecule has 0 spiro atoms. The molecule has 1 aromatic heterocycles. The van der Waals surface area contributed by atoms with Gasteiger partial charge < -0.3 is 14.8 Å². The van der Waals surface area contributed by atoms with Crippen molar-refractivity contribution in [2.45, 2.75) is 19.5 Å². The van der Waals surface area contributed by atoms with Crippen molar-refractivity contribution in [2.24, 2.45) is 0 Å². The van der Waals surface area contributed by atoms with Crippen molar-refractivity contribution in [3.8, 4) is 11.6 Å². The van der Waals surface area contributed by atoms with Crippen molar-refractivity contribution in [1.82, 2.24) is 15.2 Å². The quantitative estimate of drug-likeness (QED) is 0.854. The Morgan fingerprint density at radius 3 is 2.84 bits per heavy atom. The van der Waals surface area contributed by atoms with Crippen LogP contribution in [0.25, 0.3) is 0 Å². The lowest BCUT2D eigenvalue weighted by Crippen LogP contribution is -2.45. The average Bonchev–Trinajstić information content (AvgIpc) is 2.63. The molecule has 1 aliphatic rings. The molecule has 1 saturated heterocycles. The number of halogens is 1. The van der Waals surface area contributed by atoms with Gasteiger partial charge in [-0.15, -0.1) is 12.4 Å². The van der Waals surface area contributed by atoms with E-state index in [1.165, 1.54) is 5.56 Å². The zero-order chi connectivity index (χ0) is 16.8. The lowest BCUT2D eigenvalue weighted by Gasteiger charge is -2.36. The van der Waals surface area contributed by atoms with Gasteiger partial charge in [-0.1, -0.05) is 24.3 Å². The second-order valence-electron chi connectivity index (χ2n) is 5.83. The van der Waals surface area contributed by atoms with Gasteiger partial charge in [0.15, 0.2) is 0 Å². The van der Waals surface area contributed by atoms with Crippen LogP contribution in [-0.4, -0.2) is 43.2 Å². The molecule has 1 N–H and O–H groups in total. The van der Waals surface area contributed by atoms with Gasteiger partial charge in [-0.05, 0) is 19.1 Å². The summed E-state index contributed by atoms with van der Waals surface area (Å²) in [7, 11) is 1.73. The second-order valence-corrected chi connectivity index (χ2v) is 5.83. The van der Waals surface area contributed by atoms with Crippen LogP contribution in [0.2, 0.25) is 0 Å². The largest absolute Gasteiger partial charge is 0.496 e. The molecule has 0 aliphatic carbocycles. The molecule has 0 saturated carbocycles. The number of hydrogen-bond donors (Lipinski definition) is 1. The zero-order valence-corrected chi connectivity index (χ0v) is 15.6. The van der Waals surface area contributed by atoms with Crippen molar-refractivity contribution >= 4 is 12.4 Å². The first-order chi connectivity index (χ1) is 11.8. The Morgan fingerprint density at radius 2 is 2.04 bits per heavy atom. The van der Waals surface area contributed by atoms with Crippen molar-refractivity contribution in [2.75, 3.05) is 33.4 Å². The molecule has 1 unspecified atom stereocenters. The average molecular weight is 364 g/mol. The highest BCUT2D eigenvalue weighted by Gasteiger charge is 2.26. The number of benzene rings is 1. The van der Waals surface area contributed by atoms with Crippen molar-refractivity contribution < 1.29 is 9.47 Å². The van der Waals surface area contributed by atoms with Gasteiger partial charge in [0.1, 0.15) is 5.75 Å². The van der Waals surface area contributed by atoms with E-state index in [4.69, 9.17) is 9.47 Å². The lowest BCUT2D eigenvalue weighted by atomic mass is 10.0. The minimum Gasteiger partial charge on any atom is -0.496 e. The highest BCUT2D eigenvalue weighted by Crippen LogP contribution is 2.31. The van der Waals surface area contributed by atoms with Crippen LogP contribution in [0, 0.1) is 0 Å². The van der Waals surface area contributed by atoms with Crippen LogP contribution in [0.4, 0.5) is 0 Å². The number of nitrogens with zero attached hydrogens (tertiary/aromatic N) is 2. The van der Waals surface area contributed by atoms with E-state index < -0.39 is 0 Å². The Hall–Kier alpha value is -1.82. The first-order valence-electron chi connectivity index (χ1n) is 8.48. The van der Waals surface area contributed by atoms with E-state index in [1.807, 2.05) is 31.2 Å². The second kappa shape index (κ2) is 9.61. The Morgan fingerprint density at radius 1 is 1.20 bits per heavy atom. The van der Waals surface area contributed by atoms with E-state index in [1.54, 1.807) is 7.11 Å². The monoisotopic (exact) mass is 363 g/mol. The van der Waals surface area contributed by atoms with Gasteiger partial charge >= 0.3 is 0 Å². The van der Waals surface area contributed by atoms with Crippen LogP contribution in [0.5, 0.6) is 11.6 Å². The number of methoxy groups -OCH3 is 1. The molecule has 0 amide bonds. The molecule has 0 radical (unpaired) electrons. The number of pyridine rings is 1. The molecule has 136 valence electrons. The molecular formula is C19H26ClN3O2. The predicted molar refractivity (Wildman–Crippen MR) is 102 cm³/mol. The molecule has 1 atom stereocenters. The van der Waals surface area contributed by atoms with Crippen LogP contribution in [0.1, 0.15) is 24.2 Å². The molecule has 2 aromatic rings. The minimum atomic E-state index is 0. The lowest BCUT2D eigenvalue weighted by molar-refractivity contribution is 0.149.